The van der Waals surface area contributed by atoms with Gasteiger partial charge in [-0.15, -0.1) is 0 Å². The van der Waals surface area contributed by atoms with Crippen LogP contribution in [0.3, 0.4) is 0 Å². The largest absolute Gasteiger partial charge is 0.367 e. The van der Waals surface area contributed by atoms with Crippen molar-refractivity contribution in [3.8, 4) is 0 Å². The number of benzene rings is 3. The van der Waals surface area contributed by atoms with Crippen LogP contribution in [0.15, 0.2) is 82.6 Å². The van der Waals surface area contributed by atoms with Crippen LogP contribution in [0.5, 0.6) is 0 Å². The fourth-order valence-electron chi connectivity index (χ4n) is 4.48. The molecule has 1 aliphatic heterocycles. The zero-order valence-corrected chi connectivity index (χ0v) is 22.1. The number of para-hydroxylation sites is 1. The van der Waals surface area contributed by atoms with Gasteiger partial charge in [0.1, 0.15) is 5.82 Å². The number of sulfonamides is 2. The van der Waals surface area contributed by atoms with Gasteiger partial charge in [-0.1, -0.05) is 43.3 Å². The minimum atomic E-state index is -4.09. The molecule has 0 aliphatic carbocycles. The molecule has 0 atom stereocenters. The Morgan fingerprint density at radius 1 is 0.833 bits per heavy atom. The number of nitrogens with zero attached hydrogens (tertiary/aromatic N) is 2. The van der Waals surface area contributed by atoms with E-state index in [0.29, 0.717) is 13.1 Å². The molecule has 192 valence electrons. The molecule has 3 aromatic rings. The minimum absolute atomic E-state index is 0.0207. The topological polar surface area (TPSA) is 86.8 Å². The maximum absolute atomic E-state index is 15.0. The summed E-state index contributed by atoms with van der Waals surface area (Å²) < 4.78 is 69.4. The first-order valence-electron chi connectivity index (χ1n) is 11.6. The third-order valence-electron chi connectivity index (χ3n) is 6.80. The average molecular weight is 532 g/mol. The SMILES string of the molecule is CN(C)S(=O)(=O)c1ccc(S(=O)(=O)Nc2cccc(F)c2N2CCC(C)(c3ccccc3)CC2)cc1. The molecule has 1 saturated heterocycles. The van der Waals surface area contributed by atoms with E-state index in [4.69, 9.17) is 0 Å². The van der Waals surface area contributed by atoms with Crippen LogP contribution < -0.4 is 9.62 Å². The lowest BCUT2D eigenvalue weighted by molar-refractivity contribution is 0.361. The second kappa shape index (κ2) is 9.84. The maximum atomic E-state index is 15.0. The minimum Gasteiger partial charge on any atom is -0.367 e. The van der Waals surface area contributed by atoms with Crippen LogP contribution in [0.4, 0.5) is 15.8 Å². The summed E-state index contributed by atoms with van der Waals surface area (Å²) in [5.41, 5.74) is 1.54. The predicted molar refractivity (Wildman–Crippen MR) is 140 cm³/mol. The Labute approximate surface area is 212 Å². The molecule has 4 rings (SSSR count). The number of rotatable bonds is 7. The van der Waals surface area contributed by atoms with E-state index in [2.05, 4.69) is 23.8 Å². The van der Waals surface area contributed by atoms with Crippen LogP contribution in [0.2, 0.25) is 0 Å². The van der Waals surface area contributed by atoms with Gasteiger partial charge in [-0.2, -0.15) is 0 Å². The molecule has 7 nitrogen and oxygen atoms in total. The molecule has 0 saturated carbocycles. The second-order valence-corrected chi connectivity index (χ2v) is 13.2. The molecule has 3 aromatic carbocycles. The van der Waals surface area contributed by atoms with Crippen LogP contribution in [0.25, 0.3) is 0 Å². The van der Waals surface area contributed by atoms with Crippen molar-refractivity contribution in [2.24, 2.45) is 0 Å². The summed E-state index contributed by atoms with van der Waals surface area (Å²) in [6, 6.07) is 19.5. The number of anilines is 2. The number of piperidine rings is 1. The highest BCUT2D eigenvalue weighted by Gasteiger charge is 2.33. The van der Waals surface area contributed by atoms with Crippen molar-refractivity contribution in [2.75, 3.05) is 36.8 Å². The third-order valence-corrected chi connectivity index (χ3v) is 10.0. The molecule has 0 spiro atoms. The highest BCUT2D eigenvalue weighted by molar-refractivity contribution is 7.92. The third kappa shape index (κ3) is 5.11. The summed E-state index contributed by atoms with van der Waals surface area (Å²) >= 11 is 0. The summed E-state index contributed by atoms with van der Waals surface area (Å²) in [6.07, 6.45) is 1.58. The summed E-state index contributed by atoms with van der Waals surface area (Å²) in [5, 5.41) is 0. The molecule has 1 heterocycles. The Bertz CT molecular complexity index is 1430. The lowest BCUT2D eigenvalue weighted by Gasteiger charge is -2.41. The van der Waals surface area contributed by atoms with Crippen molar-refractivity contribution < 1.29 is 21.2 Å². The standard InChI is InChI=1S/C26H30FN3O4S2/c1-26(20-8-5-4-6-9-20)16-18-30(19-17-26)25-23(27)10-7-11-24(25)28-35(31,32)21-12-14-22(15-13-21)36(33,34)29(2)3/h4-15,28H,16-19H2,1-3H3. The van der Waals surface area contributed by atoms with Gasteiger partial charge in [0.05, 0.1) is 21.2 Å². The molecular formula is C26H30FN3O4S2. The average Bonchev–Trinajstić information content (AvgIpc) is 2.85. The highest BCUT2D eigenvalue weighted by atomic mass is 32.2. The first kappa shape index (κ1) is 26.1. The summed E-state index contributed by atoms with van der Waals surface area (Å²) in [4.78, 5) is 1.74. The van der Waals surface area contributed by atoms with Gasteiger partial charge in [0.25, 0.3) is 10.0 Å². The molecule has 36 heavy (non-hydrogen) atoms. The lowest BCUT2D eigenvalue weighted by Crippen LogP contribution is -2.41. The Balaban J connectivity index is 1.57. The zero-order chi connectivity index (χ0) is 26.1. The van der Waals surface area contributed by atoms with Gasteiger partial charge in [0.15, 0.2) is 0 Å². The van der Waals surface area contributed by atoms with Crippen molar-refractivity contribution in [3.63, 3.8) is 0 Å². The Morgan fingerprint density at radius 2 is 1.42 bits per heavy atom. The smallest absolute Gasteiger partial charge is 0.261 e. The molecule has 1 fully saturated rings. The lowest BCUT2D eigenvalue weighted by atomic mass is 9.74. The number of hydrogen-bond donors (Lipinski definition) is 1. The van der Waals surface area contributed by atoms with Crippen LogP contribution in [-0.4, -0.2) is 48.3 Å². The van der Waals surface area contributed by atoms with Crippen LogP contribution >= 0.6 is 0 Å². The summed E-state index contributed by atoms with van der Waals surface area (Å²) in [6.45, 7) is 3.33. The van der Waals surface area contributed by atoms with Crippen LogP contribution in [0, 0.1) is 5.82 Å². The van der Waals surface area contributed by atoms with E-state index >= 15 is 4.39 Å². The van der Waals surface area contributed by atoms with Crippen molar-refractivity contribution in [1.29, 1.82) is 0 Å². The predicted octanol–water partition coefficient (Wildman–Crippen LogP) is 4.43. The maximum Gasteiger partial charge on any atom is 0.261 e. The molecule has 0 amide bonds. The molecular weight excluding hydrogens is 501 g/mol. The van der Waals surface area contributed by atoms with Crippen molar-refractivity contribution in [1.82, 2.24) is 4.31 Å². The number of halogens is 1. The quantitative estimate of drug-likeness (QED) is 0.487. The summed E-state index contributed by atoms with van der Waals surface area (Å²) in [7, 11) is -4.99. The van der Waals surface area contributed by atoms with Crippen molar-refractivity contribution >= 4 is 31.4 Å². The molecule has 1 aliphatic rings. The second-order valence-electron chi connectivity index (χ2n) is 9.41. The first-order chi connectivity index (χ1) is 16.9. The van der Waals surface area contributed by atoms with Crippen molar-refractivity contribution in [2.45, 2.75) is 35.0 Å². The molecule has 0 unspecified atom stereocenters. The number of nitrogens with one attached hydrogen (secondary N) is 1. The van der Waals surface area contributed by atoms with Crippen LogP contribution in [0.1, 0.15) is 25.3 Å². The fourth-order valence-corrected chi connectivity index (χ4v) is 6.45. The fraction of sp³-hybridized carbons (Fsp3) is 0.308. The Hall–Kier alpha value is -2.95. The molecule has 0 bridgehead atoms. The van der Waals surface area contributed by atoms with Gasteiger partial charge in [0.2, 0.25) is 10.0 Å². The van der Waals surface area contributed by atoms with E-state index in [9.17, 15) is 16.8 Å². The van der Waals surface area contributed by atoms with Gasteiger partial charge in [-0.25, -0.2) is 25.5 Å². The first-order valence-corrected chi connectivity index (χ1v) is 14.5. The van der Waals surface area contributed by atoms with Crippen LogP contribution in [-0.2, 0) is 25.5 Å². The van der Waals surface area contributed by atoms with Gasteiger partial charge in [0, 0.05) is 27.2 Å². The highest BCUT2D eigenvalue weighted by Crippen LogP contribution is 2.39. The number of hydrogen-bond acceptors (Lipinski definition) is 5. The molecule has 1 N–H and O–H groups in total. The monoisotopic (exact) mass is 531 g/mol. The Kier molecular flexibility index (Phi) is 7.14. The van der Waals surface area contributed by atoms with Gasteiger partial charge in [-0.3, -0.25) is 4.72 Å². The molecule has 10 heteroatoms. The molecule has 0 radical (unpaired) electrons. The summed E-state index contributed by atoms with van der Waals surface area (Å²) in [5.74, 6) is -0.508. The van der Waals surface area contributed by atoms with E-state index in [-0.39, 0.29) is 26.6 Å². The zero-order valence-electron chi connectivity index (χ0n) is 20.5. The molecule has 0 aromatic heterocycles. The normalized spacial score (nSPS) is 16.2. The van der Waals surface area contributed by atoms with Gasteiger partial charge in [-0.05, 0) is 60.2 Å². The van der Waals surface area contributed by atoms with E-state index in [1.165, 1.54) is 62.1 Å². The van der Waals surface area contributed by atoms with E-state index in [1.54, 1.807) is 0 Å². The van der Waals surface area contributed by atoms with E-state index in [0.717, 1.165) is 17.1 Å². The van der Waals surface area contributed by atoms with Crippen molar-refractivity contribution in [3.05, 3.63) is 84.2 Å². The van der Waals surface area contributed by atoms with Gasteiger partial charge < -0.3 is 4.90 Å². The Morgan fingerprint density at radius 3 is 2.00 bits per heavy atom. The van der Waals surface area contributed by atoms with E-state index in [1.807, 2.05) is 23.1 Å². The van der Waals surface area contributed by atoms with E-state index < -0.39 is 25.9 Å². The van der Waals surface area contributed by atoms with Gasteiger partial charge >= 0.3 is 0 Å².